The van der Waals surface area contributed by atoms with Crippen molar-refractivity contribution in [2.75, 3.05) is 6.54 Å². The van der Waals surface area contributed by atoms with E-state index in [0.29, 0.717) is 6.04 Å². The summed E-state index contributed by atoms with van der Waals surface area (Å²) < 4.78 is 3.25. The number of aromatic nitrogens is 2. The molecule has 0 aliphatic heterocycles. The van der Waals surface area contributed by atoms with E-state index < -0.39 is 0 Å². The van der Waals surface area contributed by atoms with Crippen molar-refractivity contribution in [3.8, 4) is 0 Å². The Morgan fingerprint density at radius 3 is 2.45 bits per heavy atom. The van der Waals surface area contributed by atoms with Crippen LogP contribution in [0, 0.1) is 5.41 Å². The zero-order chi connectivity index (χ0) is 15.3. The average molecular weight is 344 g/mol. The highest BCUT2D eigenvalue weighted by Crippen LogP contribution is 2.32. The first-order valence-corrected chi connectivity index (χ1v) is 8.56. The van der Waals surface area contributed by atoms with Gasteiger partial charge in [0, 0.05) is 19.6 Å². The van der Waals surface area contributed by atoms with Gasteiger partial charge >= 0.3 is 0 Å². The van der Waals surface area contributed by atoms with Crippen LogP contribution in [0.2, 0.25) is 0 Å². The van der Waals surface area contributed by atoms with Crippen LogP contribution in [0.1, 0.15) is 58.8 Å². The van der Waals surface area contributed by atoms with Crippen molar-refractivity contribution in [2.45, 2.75) is 66.3 Å². The van der Waals surface area contributed by atoms with Gasteiger partial charge < -0.3 is 5.32 Å². The Morgan fingerprint density at radius 2 is 2.00 bits per heavy atom. The molecule has 1 atom stereocenters. The Hall–Kier alpha value is -0.350. The van der Waals surface area contributed by atoms with Gasteiger partial charge in [-0.25, -0.2) is 0 Å². The van der Waals surface area contributed by atoms with E-state index in [1.54, 1.807) is 0 Å². The van der Waals surface area contributed by atoms with E-state index in [1.165, 1.54) is 23.0 Å². The molecule has 0 aliphatic carbocycles. The molecule has 0 spiro atoms. The van der Waals surface area contributed by atoms with Gasteiger partial charge in [0.15, 0.2) is 0 Å². The number of rotatable bonds is 8. The molecule has 0 amide bonds. The molecule has 0 fully saturated rings. The van der Waals surface area contributed by atoms with Gasteiger partial charge in [-0.1, -0.05) is 41.0 Å². The van der Waals surface area contributed by atoms with E-state index in [9.17, 15) is 0 Å². The van der Waals surface area contributed by atoms with E-state index in [0.717, 1.165) is 25.1 Å². The lowest BCUT2D eigenvalue weighted by atomic mass is 9.80. The van der Waals surface area contributed by atoms with Crippen molar-refractivity contribution in [3.63, 3.8) is 0 Å². The number of nitrogens with one attached hydrogen (secondary N) is 1. The van der Waals surface area contributed by atoms with Crippen molar-refractivity contribution in [1.29, 1.82) is 0 Å². The fourth-order valence-electron chi connectivity index (χ4n) is 2.71. The first-order valence-electron chi connectivity index (χ1n) is 7.76. The quantitative estimate of drug-likeness (QED) is 0.770. The topological polar surface area (TPSA) is 29.9 Å². The molecule has 3 nitrogen and oxygen atoms in total. The van der Waals surface area contributed by atoms with Crippen LogP contribution >= 0.6 is 15.9 Å². The van der Waals surface area contributed by atoms with Crippen molar-refractivity contribution in [3.05, 3.63) is 15.9 Å². The number of hydrogen-bond donors (Lipinski definition) is 1. The van der Waals surface area contributed by atoms with Gasteiger partial charge in [-0.15, -0.1) is 0 Å². The zero-order valence-corrected chi connectivity index (χ0v) is 15.5. The Balaban J connectivity index is 2.92. The third-order valence-corrected chi connectivity index (χ3v) is 4.80. The maximum absolute atomic E-state index is 4.62. The van der Waals surface area contributed by atoms with Crippen molar-refractivity contribution >= 4 is 15.9 Å². The first-order chi connectivity index (χ1) is 9.33. The third-order valence-electron chi connectivity index (χ3n) is 3.89. The Bertz CT molecular complexity index is 426. The molecule has 1 aromatic rings. The number of nitrogens with zero attached hydrogens (tertiary/aromatic N) is 2. The van der Waals surface area contributed by atoms with Crippen LogP contribution in [-0.2, 0) is 19.9 Å². The first kappa shape index (κ1) is 17.7. The summed E-state index contributed by atoms with van der Waals surface area (Å²) in [5.74, 6) is 0. The van der Waals surface area contributed by atoms with Gasteiger partial charge in [-0.05, 0) is 40.6 Å². The molecule has 116 valence electrons. The lowest BCUT2D eigenvalue weighted by Gasteiger charge is -2.31. The second-order valence-electron chi connectivity index (χ2n) is 6.46. The van der Waals surface area contributed by atoms with Crippen LogP contribution < -0.4 is 5.32 Å². The average Bonchev–Trinajstić information content (AvgIpc) is 2.64. The molecular weight excluding hydrogens is 314 g/mol. The van der Waals surface area contributed by atoms with Crippen LogP contribution in [0.4, 0.5) is 0 Å². The predicted molar refractivity (Wildman–Crippen MR) is 90.1 cm³/mol. The molecule has 20 heavy (non-hydrogen) atoms. The van der Waals surface area contributed by atoms with Gasteiger partial charge in [0.2, 0.25) is 0 Å². The summed E-state index contributed by atoms with van der Waals surface area (Å²) >= 11 is 3.74. The second kappa shape index (κ2) is 7.60. The summed E-state index contributed by atoms with van der Waals surface area (Å²) in [4.78, 5) is 0. The van der Waals surface area contributed by atoms with Crippen LogP contribution in [0.3, 0.4) is 0 Å². The molecule has 0 aromatic carbocycles. The summed E-state index contributed by atoms with van der Waals surface area (Å²) in [5, 5.41) is 8.22. The molecule has 0 aliphatic rings. The smallest absolute Gasteiger partial charge is 0.0766 e. The summed E-state index contributed by atoms with van der Waals surface area (Å²) in [7, 11) is 2.06. The molecule has 1 unspecified atom stereocenters. The molecule has 0 saturated carbocycles. The summed E-state index contributed by atoms with van der Waals surface area (Å²) in [6.07, 6.45) is 4.48. The van der Waals surface area contributed by atoms with Gasteiger partial charge in [0.1, 0.15) is 0 Å². The molecule has 1 aromatic heterocycles. The second-order valence-corrected chi connectivity index (χ2v) is 7.25. The third kappa shape index (κ3) is 4.59. The minimum atomic E-state index is 0.278. The highest BCUT2D eigenvalue weighted by atomic mass is 79.9. The van der Waals surface area contributed by atoms with Crippen LogP contribution in [0.15, 0.2) is 4.47 Å². The standard InChI is InChI=1S/C16H30BrN3/c1-7-9-16(5,11-18-12(3)4)10-14-15(17)13(8-2)19-20(14)6/h12,18H,7-11H2,1-6H3. The van der Waals surface area contributed by atoms with Crippen molar-refractivity contribution in [2.24, 2.45) is 12.5 Å². The van der Waals surface area contributed by atoms with Crippen LogP contribution in [-0.4, -0.2) is 22.4 Å². The molecule has 1 N–H and O–H groups in total. The number of halogens is 1. The minimum absolute atomic E-state index is 0.278. The van der Waals surface area contributed by atoms with E-state index in [1.807, 2.05) is 4.68 Å². The van der Waals surface area contributed by atoms with Crippen LogP contribution in [0.5, 0.6) is 0 Å². The molecule has 1 heterocycles. The monoisotopic (exact) mass is 343 g/mol. The fraction of sp³-hybridized carbons (Fsp3) is 0.812. The highest BCUT2D eigenvalue weighted by molar-refractivity contribution is 9.10. The van der Waals surface area contributed by atoms with E-state index in [4.69, 9.17) is 0 Å². The van der Waals surface area contributed by atoms with Gasteiger partial charge in [-0.3, -0.25) is 4.68 Å². The van der Waals surface area contributed by atoms with Gasteiger partial charge in [-0.2, -0.15) is 5.10 Å². The normalized spacial score (nSPS) is 14.8. The zero-order valence-electron chi connectivity index (χ0n) is 13.9. The number of aryl methyl sites for hydroxylation is 2. The maximum atomic E-state index is 4.62. The minimum Gasteiger partial charge on any atom is -0.314 e. The van der Waals surface area contributed by atoms with E-state index in [-0.39, 0.29) is 5.41 Å². The summed E-state index contributed by atoms with van der Waals surface area (Å²) in [5.41, 5.74) is 2.77. The molecule has 1 rings (SSSR count). The Kier molecular flexibility index (Phi) is 6.73. The fourth-order valence-corrected chi connectivity index (χ4v) is 3.47. The number of hydrogen-bond acceptors (Lipinski definition) is 2. The summed E-state index contributed by atoms with van der Waals surface area (Å²) in [6, 6.07) is 0.535. The molecule has 4 heteroatoms. The van der Waals surface area contributed by atoms with E-state index >= 15 is 0 Å². The van der Waals surface area contributed by atoms with Crippen molar-refractivity contribution in [1.82, 2.24) is 15.1 Å². The van der Waals surface area contributed by atoms with Crippen LogP contribution in [0.25, 0.3) is 0 Å². The predicted octanol–water partition coefficient (Wildman–Crippen LogP) is 4.09. The van der Waals surface area contributed by atoms with Gasteiger partial charge in [0.25, 0.3) is 0 Å². The van der Waals surface area contributed by atoms with Crippen molar-refractivity contribution < 1.29 is 0 Å². The molecule has 0 bridgehead atoms. The van der Waals surface area contributed by atoms with Gasteiger partial charge in [0.05, 0.1) is 15.9 Å². The highest BCUT2D eigenvalue weighted by Gasteiger charge is 2.27. The van der Waals surface area contributed by atoms with E-state index in [2.05, 4.69) is 68.0 Å². The lowest BCUT2D eigenvalue weighted by molar-refractivity contribution is 0.261. The maximum Gasteiger partial charge on any atom is 0.0766 e. The molecule has 0 radical (unpaired) electrons. The Morgan fingerprint density at radius 1 is 1.35 bits per heavy atom. The SMILES string of the molecule is CCCC(C)(CNC(C)C)Cc1c(Br)c(CC)nn1C. The largest absolute Gasteiger partial charge is 0.314 e. The molecular formula is C16H30BrN3. The lowest BCUT2D eigenvalue weighted by Crippen LogP contribution is -2.37. The Labute approximate surface area is 132 Å². The summed E-state index contributed by atoms with van der Waals surface area (Å²) in [6.45, 7) is 12.3. The molecule has 0 saturated heterocycles.